The van der Waals surface area contributed by atoms with Gasteiger partial charge in [-0.15, -0.1) is 0 Å². The van der Waals surface area contributed by atoms with Crippen LogP contribution in [-0.2, 0) is 33.3 Å². The van der Waals surface area contributed by atoms with Crippen LogP contribution < -0.4 is 20.1 Å². The number of rotatable bonds is 10. The van der Waals surface area contributed by atoms with E-state index in [4.69, 9.17) is 19.9 Å². The first-order valence-electron chi connectivity index (χ1n) is 14.5. The summed E-state index contributed by atoms with van der Waals surface area (Å²) >= 11 is 0. The molecular formula is C30H33F6N5O6S. The van der Waals surface area contributed by atoms with E-state index in [1.807, 2.05) is 0 Å². The van der Waals surface area contributed by atoms with E-state index in [9.17, 15) is 39.6 Å². The standard InChI is InChI=1S/C30H33F6N5O6S/c1-5-28(37)15-20(25-22(7-8-24(40-25)45-3)41(28)27(42)46-6-2)26-38-16-23(47-9-10-48(4,43)44)21(39-26)13-17-11-18(29(31,32)33)14-19(12-17)30(34,35)36/h7-8,11-12,14,16,20H,5-6,9-10,13,15,37H2,1-4H3/t20-,28+/m0/s1. The number of carbonyl (C=O) groups excluding carboxylic acids is 1. The predicted octanol–water partition coefficient (Wildman–Crippen LogP) is 5.50. The van der Waals surface area contributed by atoms with Crippen LogP contribution in [0.2, 0.25) is 0 Å². The number of halogens is 6. The SMILES string of the molecule is CCOC(=O)N1c2ccc(OC)nc2[C@@H](c2ncc(OCCS(C)(=O)=O)c(Cc3cc(C(F)(F)F)cc(C(F)(F)F)c3)n2)C[C@@]1(N)CC. The monoisotopic (exact) mass is 705 g/mol. The molecule has 48 heavy (non-hydrogen) atoms. The van der Waals surface area contributed by atoms with E-state index in [1.54, 1.807) is 19.9 Å². The highest BCUT2D eigenvalue weighted by molar-refractivity contribution is 7.90. The van der Waals surface area contributed by atoms with Gasteiger partial charge in [0.25, 0.3) is 0 Å². The molecule has 0 spiro atoms. The van der Waals surface area contributed by atoms with E-state index in [1.165, 1.54) is 18.1 Å². The van der Waals surface area contributed by atoms with Crippen molar-refractivity contribution in [3.8, 4) is 11.6 Å². The molecule has 0 radical (unpaired) electrons. The van der Waals surface area contributed by atoms with Gasteiger partial charge in [0.15, 0.2) is 15.6 Å². The van der Waals surface area contributed by atoms with E-state index in [0.717, 1.165) is 12.5 Å². The van der Waals surface area contributed by atoms with Crippen LogP contribution in [0.25, 0.3) is 0 Å². The molecule has 0 saturated heterocycles. The molecule has 18 heteroatoms. The largest absolute Gasteiger partial charge is 0.489 e. The first-order valence-corrected chi connectivity index (χ1v) is 16.6. The first kappa shape index (κ1) is 36.6. The maximum absolute atomic E-state index is 13.6. The molecule has 11 nitrogen and oxygen atoms in total. The van der Waals surface area contributed by atoms with Crippen LogP contribution >= 0.6 is 0 Å². The fourth-order valence-electron chi connectivity index (χ4n) is 5.23. The molecule has 0 aliphatic carbocycles. The normalized spacial score (nSPS) is 18.3. The van der Waals surface area contributed by atoms with Crippen LogP contribution in [0.1, 0.15) is 66.5 Å². The van der Waals surface area contributed by atoms with Gasteiger partial charge in [0.2, 0.25) is 5.88 Å². The molecule has 0 saturated carbocycles. The lowest BCUT2D eigenvalue weighted by Crippen LogP contribution is -2.61. The van der Waals surface area contributed by atoms with Gasteiger partial charge in [-0.25, -0.2) is 28.2 Å². The third-order valence-electron chi connectivity index (χ3n) is 7.61. The van der Waals surface area contributed by atoms with Crippen molar-refractivity contribution in [2.24, 2.45) is 5.73 Å². The summed E-state index contributed by atoms with van der Waals surface area (Å²) in [6, 6.07) is 4.20. The van der Waals surface area contributed by atoms with Crippen molar-refractivity contribution in [2.45, 2.75) is 57.0 Å². The summed E-state index contributed by atoms with van der Waals surface area (Å²) in [6.07, 6.45) is -9.19. The average molecular weight is 706 g/mol. The summed E-state index contributed by atoms with van der Waals surface area (Å²) in [5.41, 5.74) is 2.34. The maximum Gasteiger partial charge on any atom is 0.416 e. The Morgan fingerprint density at radius 3 is 2.25 bits per heavy atom. The number of amides is 1. The van der Waals surface area contributed by atoms with Crippen molar-refractivity contribution in [1.82, 2.24) is 15.0 Å². The average Bonchev–Trinajstić information content (AvgIpc) is 2.99. The Labute approximate surface area is 272 Å². The highest BCUT2D eigenvalue weighted by Gasteiger charge is 2.47. The van der Waals surface area contributed by atoms with Crippen molar-refractivity contribution < 1.29 is 53.8 Å². The number of sulfone groups is 1. The van der Waals surface area contributed by atoms with Gasteiger partial charge in [0.1, 0.15) is 18.1 Å². The summed E-state index contributed by atoms with van der Waals surface area (Å²) in [7, 11) is -2.13. The minimum absolute atomic E-state index is 0.0112. The molecule has 1 aromatic carbocycles. The third kappa shape index (κ3) is 8.26. The van der Waals surface area contributed by atoms with Gasteiger partial charge in [0.05, 0.1) is 59.8 Å². The van der Waals surface area contributed by atoms with E-state index in [-0.39, 0.29) is 60.0 Å². The molecule has 1 aliphatic rings. The number of aromatic nitrogens is 3. The number of alkyl halides is 6. The fraction of sp³-hybridized carbons (Fsp3) is 0.467. The molecule has 2 atom stereocenters. The predicted molar refractivity (Wildman–Crippen MR) is 160 cm³/mol. The number of methoxy groups -OCH3 is 1. The van der Waals surface area contributed by atoms with Gasteiger partial charge in [-0.2, -0.15) is 26.3 Å². The van der Waals surface area contributed by atoms with Crippen LogP contribution in [-0.4, -0.2) is 67.5 Å². The molecular weight excluding hydrogens is 672 g/mol. The van der Waals surface area contributed by atoms with Crippen molar-refractivity contribution in [1.29, 1.82) is 0 Å². The second-order valence-corrected chi connectivity index (χ2v) is 13.4. The van der Waals surface area contributed by atoms with E-state index in [2.05, 4.69) is 15.0 Å². The molecule has 0 fully saturated rings. The first-order chi connectivity index (χ1) is 22.3. The van der Waals surface area contributed by atoms with Crippen LogP contribution in [0.4, 0.5) is 36.8 Å². The Morgan fingerprint density at radius 2 is 1.71 bits per heavy atom. The zero-order valence-electron chi connectivity index (χ0n) is 26.3. The Balaban J connectivity index is 1.89. The van der Waals surface area contributed by atoms with E-state index < -0.39 is 75.3 Å². The van der Waals surface area contributed by atoms with Crippen molar-refractivity contribution in [3.63, 3.8) is 0 Å². The van der Waals surface area contributed by atoms with Crippen LogP contribution in [0.5, 0.6) is 11.6 Å². The second kappa shape index (κ2) is 13.7. The lowest BCUT2D eigenvalue weighted by atomic mass is 9.83. The lowest BCUT2D eigenvalue weighted by Gasteiger charge is -2.46. The highest BCUT2D eigenvalue weighted by atomic mass is 32.2. The van der Waals surface area contributed by atoms with Crippen molar-refractivity contribution in [2.75, 3.05) is 37.2 Å². The number of pyridine rings is 1. The number of nitrogens with two attached hydrogens (primary N) is 1. The summed E-state index contributed by atoms with van der Waals surface area (Å²) in [4.78, 5) is 27.8. The number of carbonyl (C=O) groups is 1. The fourth-order valence-corrected chi connectivity index (χ4v) is 5.61. The maximum atomic E-state index is 13.6. The smallest absolute Gasteiger partial charge is 0.416 e. The molecule has 262 valence electrons. The summed E-state index contributed by atoms with van der Waals surface area (Å²) in [5.74, 6) is -1.29. The minimum Gasteiger partial charge on any atom is -0.489 e. The number of hydrogen-bond acceptors (Lipinski definition) is 10. The number of anilines is 1. The van der Waals surface area contributed by atoms with Gasteiger partial charge in [-0.05, 0) is 49.6 Å². The third-order valence-corrected chi connectivity index (χ3v) is 8.52. The summed E-state index contributed by atoms with van der Waals surface area (Å²) < 4.78 is 121. The molecule has 3 aromatic rings. The molecule has 1 aliphatic heterocycles. The van der Waals surface area contributed by atoms with E-state index >= 15 is 0 Å². The van der Waals surface area contributed by atoms with Gasteiger partial charge < -0.3 is 19.9 Å². The number of fused-ring (bicyclic) bond motifs is 1. The van der Waals surface area contributed by atoms with Crippen LogP contribution in [0, 0.1) is 0 Å². The van der Waals surface area contributed by atoms with Gasteiger partial charge in [-0.1, -0.05) is 6.92 Å². The Hall–Kier alpha value is -4.19. The highest BCUT2D eigenvalue weighted by Crippen LogP contribution is 2.46. The molecule has 2 N–H and O–H groups in total. The number of nitrogens with zero attached hydrogens (tertiary/aromatic N) is 4. The van der Waals surface area contributed by atoms with Gasteiger partial charge in [-0.3, -0.25) is 4.90 Å². The molecule has 4 rings (SSSR count). The van der Waals surface area contributed by atoms with Gasteiger partial charge >= 0.3 is 18.4 Å². The lowest BCUT2D eigenvalue weighted by molar-refractivity contribution is -0.143. The zero-order valence-corrected chi connectivity index (χ0v) is 27.1. The molecule has 1 amide bonds. The molecule has 0 bridgehead atoms. The topological polar surface area (TPSA) is 147 Å². The molecule has 3 heterocycles. The Kier molecular flexibility index (Phi) is 10.5. The Bertz CT molecular complexity index is 1740. The Morgan fingerprint density at radius 1 is 1.06 bits per heavy atom. The molecule has 2 aromatic heterocycles. The number of ether oxygens (including phenoxy) is 3. The minimum atomic E-state index is -5.09. The van der Waals surface area contributed by atoms with Crippen LogP contribution in [0.3, 0.4) is 0 Å². The van der Waals surface area contributed by atoms with Crippen molar-refractivity contribution in [3.05, 3.63) is 70.4 Å². The van der Waals surface area contributed by atoms with Crippen molar-refractivity contribution >= 4 is 21.6 Å². The summed E-state index contributed by atoms with van der Waals surface area (Å²) in [6.45, 7) is 3.02. The number of benzene rings is 1. The number of hydrogen-bond donors (Lipinski definition) is 1. The van der Waals surface area contributed by atoms with Crippen LogP contribution in [0.15, 0.2) is 36.5 Å². The quantitative estimate of drug-likeness (QED) is 0.269. The van der Waals surface area contributed by atoms with Gasteiger partial charge in [0, 0.05) is 18.7 Å². The zero-order chi connectivity index (χ0) is 35.7. The molecule has 0 unspecified atom stereocenters. The van der Waals surface area contributed by atoms with E-state index in [0.29, 0.717) is 12.1 Å². The second-order valence-electron chi connectivity index (χ2n) is 11.1. The summed E-state index contributed by atoms with van der Waals surface area (Å²) in [5, 5.41) is 0.